The smallest absolute Gasteiger partial charge is 0.307 e. The molecule has 3 atom stereocenters. The van der Waals surface area contributed by atoms with E-state index in [1.165, 1.54) is 0 Å². The lowest BCUT2D eigenvalue weighted by atomic mass is 9.75. The molecule has 1 rings (SSSR count). The Hall–Kier alpha value is -1.32. The Kier molecular flexibility index (Phi) is 5.00. The van der Waals surface area contributed by atoms with Crippen molar-refractivity contribution in [1.82, 2.24) is 5.32 Å². The third kappa shape index (κ3) is 3.84. The van der Waals surface area contributed by atoms with Gasteiger partial charge >= 0.3 is 5.97 Å². The van der Waals surface area contributed by atoms with Gasteiger partial charge in [-0.15, -0.1) is 0 Å². The van der Waals surface area contributed by atoms with E-state index in [0.29, 0.717) is 12.8 Å². The largest absolute Gasteiger partial charge is 0.481 e. The normalized spacial score (nSPS) is 25.3. The van der Waals surface area contributed by atoms with E-state index in [9.17, 15) is 14.7 Å². The van der Waals surface area contributed by atoms with E-state index in [0.717, 1.165) is 11.1 Å². The van der Waals surface area contributed by atoms with Gasteiger partial charge < -0.3 is 10.4 Å². The molecule has 0 aromatic carbocycles. The van der Waals surface area contributed by atoms with Crippen LogP contribution >= 0.6 is 0 Å². The molecule has 0 fully saturated rings. The molecule has 1 aliphatic carbocycles. The van der Waals surface area contributed by atoms with E-state index in [1.807, 2.05) is 20.8 Å². The van der Waals surface area contributed by atoms with Crippen LogP contribution in [-0.2, 0) is 9.59 Å². The zero-order valence-electron chi connectivity index (χ0n) is 13.4. The molecule has 0 bridgehead atoms. The summed E-state index contributed by atoms with van der Waals surface area (Å²) in [5, 5.41) is 12.3. The van der Waals surface area contributed by atoms with Crippen molar-refractivity contribution < 1.29 is 14.7 Å². The quantitative estimate of drug-likeness (QED) is 0.782. The van der Waals surface area contributed by atoms with Crippen LogP contribution in [0.4, 0.5) is 0 Å². The van der Waals surface area contributed by atoms with E-state index in [4.69, 9.17) is 0 Å². The molecule has 0 heterocycles. The molecule has 0 unspecified atom stereocenters. The lowest BCUT2D eigenvalue weighted by Crippen LogP contribution is -2.47. The maximum Gasteiger partial charge on any atom is 0.307 e. The topological polar surface area (TPSA) is 66.4 Å². The van der Waals surface area contributed by atoms with Gasteiger partial charge in [-0.2, -0.15) is 0 Å². The number of carbonyl (C=O) groups excluding carboxylic acids is 1. The summed E-state index contributed by atoms with van der Waals surface area (Å²) in [6.45, 7) is 12.1. The van der Waals surface area contributed by atoms with Crippen molar-refractivity contribution in [2.45, 2.75) is 60.4 Å². The number of allylic oxidation sites excluding steroid dienone is 2. The number of carboxylic acid groups (broad SMARTS) is 1. The van der Waals surface area contributed by atoms with Gasteiger partial charge in [-0.05, 0) is 39.0 Å². The lowest BCUT2D eigenvalue weighted by Gasteiger charge is -2.33. The average molecular weight is 281 g/mol. The standard InChI is InChI=1S/C16H27NO3/c1-9-7-12(13(15(19)20)8-10(9)2)14(18)17-11(3)16(4,5)6/h11-13H,7-8H2,1-6H3,(H,17,18)(H,19,20)/t11-,12+,13-/m0/s1. The minimum absolute atomic E-state index is 0.0109. The van der Waals surface area contributed by atoms with E-state index in [2.05, 4.69) is 26.1 Å². The fourth-order valence-corrected chi connectivity index (χ4v) is 2.36. The van der Waals surface area contributed by atoms with Gasteiger partial charge in [-0.1, -0.05) is 31.9 Å². The molecule has 0 spiro atoms. The first-order valence-corrected chi connectivity index (χ1v) is 7.22. The molecule has 0 aromatic heterocycles. The van der Waals surface area contributed by atoms with Crippen LogP contribution in [0.2, 0.25) is 0 Å². The molecular weight excluding hydrogens is 254 g/mol. The van der Waals surface area contributed by atoms with Gasteiger partial charge in [0.05, 0.1) is 11.8 Å². The van der Waals surface area contributed by atoms with Gasteiger partial charge in [0.1, 0.15) is 0 Å². The van der Waals surface area contributed by atoms with Crippen molar-refractivity contribution in [1.29, 1.82) is 0 Å². The fourth-order valence-electron chi connectivity index (χ4n) is 2.36. The minimum atomic E-state index is -0.875. The molecule has 4 nitrogen and oxygen atoms in total. The number of carboxylic acids is 1. The highest BCUT2D eigenvalue weighted by Crippen LogP contribution is 2.34. The molecule has 4 heteroatoms. The number of rotatable bonds is 3. The van der Waals surface area contributed by atoms with Crippen molar-refractivity contribution in [3.8, 4) is 0 Å². The zero-order chi connectivity index (χ0) is 15.7. The summed E-state index contributed by atoms with van der Waals surface area (Å²) in [6.07, 6.45) is 1.02. The molecule has 1 aliphatic rings. The Morgan fingerprint density at radius 2 is 1.60 bits per heavy atom. The van der Waals surface area contributed by atoms with Crippen molar-refractivity contribution >= 4 is 11.9 Å². The number of nitrogens with one attached hydrogen (secondary N) is 1. The maximum absolute atomic E-state index is 12.4. The summed E-state index contributed by atoms with van der Waals surface area (Å²) < 4.78 is 0. The van der Waals surface area contributed by atoms with Crippen LogP contribution in [0.15, 0.2) is 11.1 Å². The zero-order valence-corrected chi connectivity index (χ0v) is 13.4. The number of aliphatic carboxylic acids is 1. The predicted octanol–water partition coefficient (Wildman–Crippen LogP) is 2.98. The monoisotopic (exact) mass is 281 g/mol. The highest BCUT2D eigenvalue weighted by Gasteiger charge is 2.38. The lowest BCUT2D eigenvalue weighted by molar-refractivity contribution is -0.147. The van der Waals surface area contributed by atoms with Crippen molar-refractivity contribution in [3.63, 3.8) is 0 Å². The van der Waals surface area contributed by atoms with E-state index in [-0.39, 0.29) is 17.4 Å². The van der Waals surface area contributed by atoms with Gasteiger partial charge in [0.15, 0.2) is 0 Å². The summed E-state index contributed by atoms with van der Waals surface area (Å²) >= 11 is 0. The molecule has 0 aromatic rings. The molecule has 20 heavy (non-hydrogen) atoms. The fraction of sp³-hybridized carbons (Fsp3) is 0.750. The Balaban J connectivity index is 2.87. The predicted molar refractivity (Wildman–Crippen MR) is 79.3 cm³/mol. The second-order valence-corrected chi connectivity index (χ2v) is 7.12. The summed E-state index contributed by atoms with van der Waals surface area (Å²) in [7, 11) is 0. The third-order valence-electron chi connectivity index (χ3n) is 4.58. The van der Waals surface area contributed by atoms with Crippen molar-refractivity contribution in [2.75, 3.05) is 0 Å². The summed E-state index contributed by atoms with van der Waals surface area (Å²) in [6, 6.07) is 0.0109. The van der Waals surface area contributed by atoms with Crippen LogP contribution in [0.25, 0.3) is 0 Å². The van der Waals surface area contributed by atoms with E-state index < -0.39 is 17.8 Å². The number of amides is 1. The SMILES string of the molecule is CC1=C(C)C[C@@H](C(=O)N[C@@H](C)C(C)(C)C)[C@@H](C(=O)O)C1. The van der Waals surface area contributed by atoms with Gasteiger partial charge in [0.25, 0.3) is 0 Å². The van der Waals surface area contributed by atoms with Gasteiger partial charge in [0.2, 0.25) is 5.91 Å². The first kappa shape index (κ1) is 16.7. The molecule has 114 valence electrons. The Morgan fingerprint density at radius 3 is 2.00 bits per heavy atom. The van der Waals surface area contributed by atoms with Crippen molar-refractivity contribution in [2.24, 2.45) is 17.3 Å². The summed E-state index contributed by atoms with van der Waals surface area (Å²) in [5.41, 5.74) is 2.21. The summed E-state index contributed by atoms with van der Waals surface area (Å²) in [5.74, 6) is -2.07. The molecule has 0 saturated carbocycles. The number of hydrogen-bond donors (Lipinski definition) is 2. The molecular formula is C16H27NO3. The minimum Gasteiger partial charge on any atom is -0.481 e. The van der Waals surface area contributed by atoms with Gasteiger partial charge in [-0.3, -0.25) is 9.59 Å². The Morgan fingerprint density at radius 1 is 1.15 bits per heavy atom. The highest BCUT2D eigenvalue weighted by molar-refractivity contribution is 5.85. The second-order valence-electron chi connectivity index (χ2n) is 7.12. The summed E-state index contributed by atoms with van der Waals surface area (Å²) in [4.78, 5) is 23.8. The van der Waals surface area contributed by atoms with Crippen LogP contribution in [-0.4, -0.2) is 23.0 Å². The van der Waals surface area contributed by atoms with Gasteiger partial charge in [0, 0.05) is 6.04 Å². The Bertz CT molecular complexity index is 431. The van der Waals surface area contributed by atoms with Crippen molar-refractivity contribution in [3.05, 3.63) is 11.1 Å². The number of carbonyl (C=O) groups is 2. The maximum atomic E-state index is 12.4. The van der Waals surface area contributed by atoms with Crippen LogP contribution in [0.5, 0.6) is 0 Å². The first-order valence-electron chi connectivity index (χ1n) is 7.22. The molecule has 0 saturated heterocycles. The van der Waals surface area contributed by atoms with Crippen LogP contribution in [0.3, 0.4) is 0 Å². The Labute approximate surface area is 121 Å². The molecule has 0 radical (unpaired) electrons. The molecule has 2 N–H and O–H groups in total. The van der Waals surface area contributed by atoms with Gasteiger partial charge in [-0.25, -0.2) is 0 Å². The first-order chi connectivity index (χ1) is 9.04. The highest BCUT2D eigenvalue weighted by atomic mass is 16.4. The molecule has 0 aliphatic heterocycles. The van der Waals surface area contributed by atoms with E-state index >= 15 is 0 Å². The third-order valence-corrected chi connectivity index (χ3v) is 4.58. The second kappa shape index (κ2) is 5.98. The van der Waals surface area contributed by atoms with Crippen LogP contribution in [0.1, 0.15) is 54.4 Å². The van der Waals surface area contributed by atoms with Crippen LogP contribution in [0, 0.1) is 17.3 Å². The number of hydrogen-bond acceptors (Lipinski definition) is 2. The molecule has 1 amide bonds. The van der Waals surface area contributed by atoms with E-state index in [1.54, 1.807) is 0 Å². The average Bonchev–Trinajstić information content (AvgIpc) is 2.30. The van der Waals surface area contributed by atoms with Crippen LogP contribution < -0.4 is 5.32 Å².